The fourth-order valence-corrected chi connectivity index (χ4v) is 1.88. The van der Waals surface area contributed by atoms with Gasteiger partial charge in [0.15, 0.2) is 4.46 Å². The standard InChI is InChI=1S/C11H16Cl2N2O2/c1-8(10-6-4-3-5-7-10)14-11(12,13)9(2)15(16)17/h3-9,14,16-17H,1-2H3. The van der Waals surface area contributed by atoms with E-state index in [4.69, 9.17) is 33.6 Å². The van der Waals surface area contributed by atoms with Crippen molar-refractivity contribution in [2.45, 2.75) is 30.4 Å². The normalized spacial score (nSPS) is 15.9. The molecule has 0 aliphatic heterocycles. The molecule has 0 radical (unpaired) electrons. The summed E-state index contributed by atoms with van der Waals surface area (Å²) in [4.78, 5) is 0. The minimum Gasteiger partial charge on any atom is -0.289 e. The highest BCUT2D eigenvalue weighted by atomic mass is 35.5. The van der Waals surface area contributed by atoms with Gasteiger partial charge in [0.25, 0.3) is 0 Å². The van der Waals surface area contributed by atoms with Crippen molar-refractivity contribution in [3.63, 3.8) is 0 Å². The Morgan fingerprint density at radius 1 is 1.18 bits per heavy atom. The van der Waals surface area contributed by atoms with Crippen molar-refractivity contribution in [2.75, 3.05) is 0 Å². The molecule has 0 bridgehead atoms. The van der Waals surface area contributed by atoms with Crippen LogP contribution in [0.2, 0.25) is 0 Å². The van der Waals surface area contributed by atoms with Crippen molar-refractivity contribution in [1.82, 2.24) is 10.5 Å². The Morgan fingerprint density at radius 3 is 2.18 bits per heavy atom. The van der Waals surface area contributed by atoms with Gasteiger partial charge >= 0.3 is 0 Å². The number of hydrogen-bond donors (Lipinski definition) is 3. The van der Waals surface area contributed by atoms with E-state index in [9.17, 15) is 0 Å². The van der Waals surface area contributed by atoms with Gasteiger partial charge in [-0.15, -0.1) is 0 Å². The molecule has 2 atom stereocenters. The highest BCUT2D eigenvalue weighted by molar-refractivity contribution is 6.48. The Morgan fingerprint density at radius 2 is 1.71 bits per heavy atom. The first-order valence-electron chi connectivity index (χ1n) is 5.22. The number of hydrogen-bond acceptors (Lipinski definition) is 4. The van der Waals surface area contributed by atoms with E-state index in [-0.39, 0.29) is 11.3 Å². The van der Waals surface area contributed by atoms with Gasteiger partial charge in [-0.3, -0.25) is 15.7 Å². The van der Waals surface area contributed by atoms with Crippen LogP contribution >= 0.6 is 23.2 Å². The predicted molar refractivity (Wildman–Crippen MR) is 67.3 cm³/mol. The maximum absolute atomic E-state index is 8.92. The van der Waals surface area contributed by atoms with E-state index in [1.807, 2.05) is 37.3 Å². The summed E-state index contributed by atoms with van der Waals surface area (Å²) >= 11 is 12.0. The molecule has 0 aromatic heterocycles. The first kappa shape index (κ1) is 14.7. The van der Waals surface area contributed by atoms with E-state index >= 15 is 0 Å². The van der Waals surface area contributed by atoms with Crippen molar-refractivity contribution in [2.24, 2.45) is 0 Å². The summed E-state index contributed by atoms with van der Waals surface area (Å²) in [6.45, 7) is 3.38. The van der Waals surface area contributed by atoms with Crippen molar-refractivity contribution in [3.8, 4) is 0 Å². The average molecular weight is 279 g/mol. The van der Waals surface area contributed by atoms with Crippen LogP contribution in [0, 0.1) is 0 Å². The van der Waals surface area contributed by atoms with Gasteiger partial charge in [-0.2, -0.15) is 0 Å². The lowest BCUT2D eigenvalue weighted by Crippen LogP contribution is -2.51. The van der Waals surface area contributed by atoms with Crippen LogP contribution in [0.25, 0.3) is 0 Å². The van der Waals surface area contributed by atoms with Gasteiger partial charge in [-0.05, 0) is 19.4 Å². The molecule has 3 N–H and O–H groups in total. The smallest absolute Gasteiger partial charge is 0.189 e. The SMILES string of the molecule is CC(NC(Cl)(Cl)C(C)N(O)O)c1ccccc1. The van der Waals surface area contributed by atoms with Crippen LogP contribution in [-0.4, -0.2) is 26.1 Å². The third-order valence-electron chi connectivity index (χ3n) is 2.58. The average Bonchev–Trinajstić information content (AvgIpc) is 2.28. The molecule has 0 amide bonds. The van der Waals surface area contributed by atoms with Crippen molar-refractivity contribution >= 4 is 23.2 Å². The molecule has 96 valence electrons. The van der Waals surface area contributed by atoms with Crippen molar-refractivity contribution in [1.29, 1.82) is 0 Å². The molecule has 0 spiro atoms. The van der Waals surface area contributed by atoms with Crippen LogP contribution in [0.15, 0.2) is 30.3 Å². The summed E-state index contributed by atoms with van der Waals surface area (Å²) < 4.78 is -1.47. The first-order valence-corrected chi connectivity index (χ1v) is 5.97. The molecule has 17 heavy (non-hydrogen) atoms. The highest BCUT2D eigenvalue weighted by Gasteiger charge is 2.36. The Balaban J connectivity index is 2.71. The number of halogens is 2. The second kappa shape index (κ2) is 6.00. The van der Waals surface area contributed by atoms with Crippen molar-refractivity contribution < 1.29 is 10.4 Å². The molecule has 0 saturated heterocycles. The van der Waals surface area contributed by atoms with Gasteiger partial charge in [0.2, 0.25) is 0 Å². The van der Waals surface area contributed by atoms with Gasteiger partial charge in [0.1, 0.15) is 6.04 Å². The quantitative estimate of drug-likeness (QED) is 0.440. The van der Waals surface area contributed by atoms with Gasteiger partial charge in [-0.25, -0.2) is 0 Å². The third kappa shape index (κ3) is 4.10. The molecule has 0 heterocycles. The topological polar surface area (TPSA) is 55.7 Å². The maximum atomic E-state index is 8.92. The van der Waals surface area contributed by atoms with Gasteiger partial charge < -0.3 is 0 Å². The number of nitrogens with zero attached hydrogens (tertiary/aromatic N) is 1. The Kier molecular flexibility index (Phi) is 5.19. The number of alkyl halides is 2. The minimum atomic E-state index is -1.47. The molecule has 1 rings (SSSR count). The lowest BCUT2D eigenvalue weighted by molar-refractivity contribution is -0.331. The summed E-state index contributed by atoms with van der Waals surface area (Å²) in [5.41, 5.74) is 1.01. The summed E-state index contributed by atoms with van der Waals surface area (Å²) in [5.74, 6) is 0. The van der Waals surface area contributed by atoms with E-state index in [1.165, 1.54) is 6.92 Å². The molecule has 0 aliphatic rings. The summed E-state index contributed by atoms with van der Waals surface area (Å²) in [5, 5.41) is 20.8. The molecule has 0 saturated carbocycles. The van der Waals surface area contributed by atoms with Crippen LogP contribution in [0.5, 0.6) is 0 Å². The summed E-state index contributed by atoms with van der Waals surface area (Å²) in [6.07, 6.45) is 0. The Bertz CT molecular complexity index is 347. The molecule has 0 aliphatic carbocycles. The largest absolute Gasteiger partial charge is 0.289 e. The van der Waals surface area contributed by atoms with E-state index < -0.39 is 10.5 Å². The number of benzene rings is 1. The van der Waals surface area contributed by atoms with Crippen LogP contribution in [0.1, 0.15) is 25.5 Å². The van der Waals surface area contributed by atoms with Crippen LogP contribution in [0.4, 0.5) is 0 Å². The fraction of sp³-hybridized carbons (Fsp3) is 0.455. The first-order chi connectivity index (χ1) is 7.84. The van der Waals surface area contributed by atoms with E-state index in [1.54, 1.807) is 0 Å². The molecule has 0 fully saturated rings. The summed E-state index contributed by atoms with van der Waals surface area (Å²) in [7, 11) is 0. The van der Waals surface area contributed by atoms with Gasteiger partial charge in [0, 0.05) is 6.04 Å². The number of hydroxylamine groups is 2. The predicted octanol–water partition coefficient (Wildman–Crippen LogP) is 2.94. The molecule has 4 nitrogen and oxygen atoms in total. The minimum absolute atomic E-state index is 0.00921. The molecule has 6 heteroatoms. The lowest BCUT2D eigenvalue weighted by atomic mass is 10.1. The Labute approximate surface area is 111 Å². The second-order valence-electron chi connectivity index (χ2n) is 3.90. The Hall–Kier alpha value is -0.360. The van der Waals surface area contributed by atoms with E-state index in [2.05, 4.69) is 5.32 Å². The lowest BCUT2D eigenvalue weighted by Gasteiger charge is -2.32. The van der Waals surface area contributed by atoms with Crippen LogP contribution in [-0.2, 0) is 0 Å². The molecule has 1 aromatic rings. The second-order valence-corrected chi connectivity index (χ2v) is 5.28. The molecular weight excluding hydrogens is 263 g/mol. The van der Waals surface area contributed by atoms with Gasteiger partial charge in [-0.1, -0.05) is 58.8 Å². The molecule has 2 unspecified atom stereocenters. The number of nitrogens with one attached hydrogen (secondary N) is 1. The zero-order valence-electron chi connectivity index (χ0n) is 9.64. The fourth-order valence-electron chi connectivity index (χ4n) is 1.38. The molecule has 1 aromatic carbocycles. The van der Waals surface area contributed by atoms with Gasteiger partial charge in [0.05, 0.1) is 0 Å². The van der Waals surface area contributed by atoms with E-state index in [0.717, 1.165) is 5.56 Å². The van der Waals surface area contributed by atoms with Crippen LogP contribution < -0.4 is 5.32 Å². The number of rotatable bonds is 5. The van der Waals surface area contributed by atoms with Crippen molar-refractivity contribution in [3.05, 3.63) is 35.9 Å². The zero-order valence-corrected chi connectivity index (χ0v) is 11.2. The highest BCUT2D eigenvalue weighted by Crippen LogP contribution is 2.28. The third-order valence-corrected chi connectivity index (χ3v) is 3.43. The summed E-state index contributed by atoms with van der Waals surface area (Å²) in [6, 6.07) is 8.60. The van der Waals surface area contributed by atoms with E-state index in [0.29, 0.717) is 0 Å². The molecular formula is C11H16Cl2N2O2. The van der Waals surface area contributed by atoms with Crippen LogP contribution in [0.3, 0.4) is 0 Å². The zero-order chi connectivity index (χ0) is 13.1. The monoisotopic (exact) mass is 278 g/mol. The maximum Gasteiger partial charge on any atom is 0.189 e.